The predicted octanol–water partition coefficient (Wildman–Crippen LogP) is 2.27. The molecular weight excluding hydrogens is 281 g/mol. The minimum Gasteiger partial charge on any atom is -0.478 e. The summed E-state index contributed by atoms with van der Waals surface area (Å²) in [7, 11) is 0. The number of carboxylic acids is 1. The van der Waals surface area contributed by atoms with E-state index in [-0.39, 0.29) is 11.3 Å². The van der Waals surface area contributed by atoms with E-state index in [1.807, 2.05) is 0 Å². The van der Waals surface area contributed by atoms with Crippen LogP contribution in [-0.4, -0.2) is 25.8 Å². The van der Waals surface area contributed by atoms with Gasteiger partial charge in [0.05, 0.1) is 21.7 Å². The van der Waals surface area contributed by atoms with Crippen LogP contribution in [0.5, 0.6) is 0 Å². The van der Waals surface area contributed by atoms with E-state index in [2.05, 4.69) is 5.10 Å². The maximum atomic E-state index is 13.4. The number of rotatable bonds is 3. The van der Waals surface area contributed by atoms with Gasteiger partial charge in [0.1, 0.15) is 11.5 Å². The van der Waals surface area contributed by atoms with Crippen molar-refractivity contribution in [3.05, 3.63) is 51.0 Å². The summed E-state index contributed by atoms with van der Waals surface area (Å²) in [6.07, 6.45) is 2.04. The van der Waals surface area contributed by atoms with Crippen LogP contribution < -0.4 is 0 Å². The molecule has 0 aliphatic carbocycles. The molecule has 2 rings (SSSR count). The highest BCUT2D eigenvalue weighted by atomic mass is 35.5. The van der Waals surface area contributed by atoms with Crippen LogP contribution in [0, 0.1) is 15.9 Å². The first-order chi connectivity index (χ1) is 8.90. The van der Waals surface area contributed by atoms with Crippen molar-refractivity contribution in [1.82, 2.24) is 9.78 Å². The van der Waals surface area contributed by atoms with E-state index >= 15 is 0 Å². The third-order valence-electron chi connectivity index (χ3n) is 2.29. The van der Waals surface area contributed by atoms with E-state index in [0.29, 0.717) is 0 Å². The molecule has 0 amide bonds. The summed E-state index contributed by atoms with van der Waals surface area (Å²) in [5.74, 6) is -2.11. The van der Waals surface area contributed by atoms with Crippen LogP contribution in [0.15, 0.2) is 24.5 Å². The Morgan fingerprint density at radius 3 is 2.74 bits per heavy atom. The summed E-state index contributed by atoms with van der Waals surface area (Å²) >= 11 is 5.47. The molecule has 0 aliphatic heterocycles. The molecule has 1 N–H and O–H groups in total. The Hall–Kier alpha value is -2.48. The van der Waals surface area contributed by atoms with Crippen LogP contribution in [0.3, 0.4) is 0 Å². The number of halogens is 2. The molecule has 0 saturated heterocycles. The second kappa shape index (κ2) is 4.65. The van der Waals surface area contributed by atoms with Gasteiger partial charge in [0.2, 0.25) is 0 Å². The van der Waals surface area contributed by atoms with Gasteiger partial charge in [0.25, 0.3) is 5.69 Å². The first-order valence-corrected chi connectivity index (χ1v) is 5.19. The summed E-state index contributed by atoms with van der Waals surface area (Å²) in [5.41, 5.74) is -0.865. The standard InChI is InChI=1S/C10H5ClFN3O4/c11-6-1-9(15(18)19)8(2-7(6)12)14-4-5(3-13-14)10(16)17/h1-4H,(H,16,17). The lowest BCUT2D eigenvalue weighted by molar-refractivity contribution is -0.384. The summed E-state index contributed by atoms with van der Waals surface area (Å²) in [5, 5.41) is 22.8. The molecule has 0 atom stereocenters. The molecule has 0 spiro atoms. The molecule has 0 bridgehead atoms. The lowest BCUT2D eigenvalue weighted by atomic mass is 10.2. The highest BCUT2D eigenvalue weighted by molar-refractivity contribution is 6.31. The smallest absolute Gasteiger partial charge is 0.338 e. The molecule has 0 radical (unpaired) electrons. The molecule has 7 nitrogen and oxygen atoms in total. The topological polar surface area (TPSA) is 98.3 Å². The third-order valence-corrected chi connectivity index (χ3v) is 2.58. The average Bonchev–Trinajstić information content (AvgIpc) is 2.81. The number of carbonyl (C=O) groups is 1. The summed E-state index contributed by atoms with van der Waals surface area (Å²) in [6, 6.07) is 1.66. The van der Waals surface area contributed by atoms with Gasteiger partial charge < -0.3 is 5.11 Å². The van der Waals surface area contributed by atoms with Crippen LogP contribution in [0.4, 0.5) is 10.1 Å². The summed E-state index contributed by atoms with van der Waals surface area (Å²) < 4.78 is 14.3. The zero-order chi connectivity index (χ0) is 14.2. The maximum absolute atomic E-state index is 13.4. The number of aromatic nitrogens is 2. The molecule has 1 aromatic carbocycles. The second-order valence-corrected chi connectivity index (χ2v) is 3.90. The summed E-state index contributed by atoms with van der Waals surface area (Å²) in [6.45, 7) is 0. The fourth-order valence-electron chi connectivity index (χ4n) is 1.42. The first kappa shape index (κ1) is 13.0. The van der Waals surface area contributed by atoms with Crippen LogP contribution in [-0.2, 0) is 0 Å². The zero-order valence-electron chi connectivity index (χ0n) is 9.08. The lowest BCUT2D eigenvalue weighted by Crippen LogP contribution is -2.02. The van der Waals surface area contributed by atoms with E-state index in [0.717, 1.165) is 29.2 Å². The number of nitro groups is 1. The molecular formula is C10H5ClFN3O4. The van der Waals surface area contributed by atoms with Crippen molar-refractivity contribution < 1.29 is 19.2 Å². The molecule has 98 valence electrons. The van der Waals surface area contributed by atoms with E-state index in [1.54, 1.807) is 0 Å². The Balaban J connectivity index is 2.62. The Morgan fingerprint density at radius 1 is 1.53 bits per heavy atom. The van der Waals surface area contributed by atoms with Gasteiger partial charge in [-0.3, -0.25) is 10.1 Å². The first-order valence-electron chi connectivity index (χ1n) is 4.82. The minimum absolute atomic E-state index is 0.176. The van der Waals surface area contributed by atoms with Crippen molar-refractivity contribution >= 4 is 23.3 Å². The predicted molar refractivity (Wildman–Crippen MR) is 62.1 cm³/mol. The third kappa shape index (κ3) is 2.38. The van der Waals surface area contributed by atoms with Gasteiger partial charge in [-0.1, -0.05) is 11.6 Å². The Bertz CT molecular complexity index is 685. The van der Waals surface area contributed by atoms with Crippen LogP contribution >= 0.6 is 11.6 Å². The van der Waals surface area contributed by atoms with Crippen molar-refractivity contribution in [3.63, 3.8) is 0 Å². The molecule has 1 aromatic heterocycles. The number of hydrogen-bond acceptors (Lipinski definition) is 4. The van der Waals surface area contributed by atoms with Gasteiger partial charge in [0, 0.05) is 18.3 Å². The highest BCUT2D eigenvalue weighted by Crippen LogP contribution is 2.28. The fourth-order valence-corrected chi connectivity index (χ4v) is 1.58. The van der Waals surface area contributed by atoms with Crippen molar-refractivity contribution in [2.45, 2.75) is 0 Å². The number of hydrogen-bond donors (Lipinski definition) is 1. The highest BCUT2D eigenvalue weighted by Gasteiger charge is 2.20. The molecule has 0 saturated carbocycles. The zero-order valence-corrected chi connectivity index (χ0v) is 9.83. The van der Waals surface area contributed by atoms with Crippen LogP contribution in [0.25, 0.3) is 5.69 Å². The van der Waals surface area contributed by atoms with Gasteiger partial charge in [-0.15, -0.1) is 0 Å². The van der Waals surface area contributed by atoms with Gasteiger partial charge in [-0.25, -0.2) is 13.9 Å². The second-order valence-electron chi connectivity index (χ2n) is 3.49. The van der Waals surface area contributed by atoms with Crippen LogP contribution in [0.1, 0.15) is 10.4 Å². The molecule has 19 heavy (non-hydrogen) atoms. The van der Waals surface area contributed by atoms with Gasteiger partial charge >= 0.3 is 5.97 Å². The average molecular weight is 286 g/mol. The Labute approximate surface area is 110 Å². The largest absolute Gasteiger partial charge is 0.478 e. The van der Waals surface area contributed by atoms with E-state index in [1.165, 1.54) is 0 Å². The number of aromatic carboxylic acids is 1. The van der Waals surface area contributed by atoms with Gasteiger partial charge in [-0.2, -0.15) is 5.10 Å². The number of benzene rings is 1. The van der Waals surface area contributed by atoms with Crippen molar-refractivity contribution in [2.24, 2.45) is 0 Å². The molecule has 1 heterocycles. The number of nitro benzene ring substituents is 1. The maximum Gasteiger partial charge on any atom is 0.338 e. The molecule has 9 heteroatoms. The van der Waals surface area contributed by atoms with Crippen molar-refractivity contribution in [1.29, 1.82) is 0 Å². The monoisotopic (exact) mass is 285 g/mol. The lowest BCUT2D eigenvalue weighted by Gasteiger charge is -2.04. The molecule has 0 fully saturated rings. The Kier molecular flexibility index (Phi) is 3.17. The molecule has 0 aliphatic rings. The van der Waals surface area contributed by atoms with Crippen LogP contribution in [0.2, 0.25) is 5.02 Å². The SMILES string of the molecule is O=C(O)c1cnn(-c2cc(F)c(Cl)cc2[N+](=O)[O-])c1. The fraction of sp³-hybridized carbons (Fsp3) is 0. The van der Waals surface area contributed by atoms with Gasteiger partial charge in [-0.05, 0) is 0 Å². The summed E-state index contributed by atoms with van der Waals surface area (Å²) in [4.78, 5) is 20.8. The van der Waals surface area contributed by atoms with E-state index in [9.17, 15) is 19.3 Å². The Morgan fingerprint density at radius 2 is 2.21 bits per heavy atom. The molecule has 2 aromatic rings. The van der Waals surface area contributed by atoms with Crippen molar-refractivity contribution in [2.75, 3.05) is 0 Å². The van der Waals surface area contributed by atoms with Crippen molar-refractivity contribution in [3.8, 4) is 5.69 Å². The van der Waals surface area contributed by atoms with E-state index in [4.69, 9.17) is 16.7 Å². The number of nitrogens with zero attached hydrogens (tertiary/aromatic N) is 3. The molecule has 0 unspecified atom stereocenters. The van der Waals surface area contributed by atoms with Gasteiger partial charge in [0.15, 0.2) is 0 Å². The quantitative estimate of drug-likeness (QED) is 0.689. The normalized spacial score (nSPS) is 10.4. The number of carboxylic acid groups (broad SMARTS) is 1. The minimum atomic E-state index is -1.25. The van der Waals surface area contributed by atoms with E-state index < -0.39 is 27.4 Å².